The fourth-order valence-corrected chi connectivity index (χ4v) is 6.02. The highest BCUT2D eigenvalue weighted by Gasteiger charge is 2.46. The molecule has 0 radical (unpaired) electrons. The third-order valence-corrected chi connectivity index (χ3v) is 7.66. The minimum Gasteiger partial charge on any atom is -0.370 e. The van der Waals surface area contributed by atoms with Gasteiger partial charge in [0.2, 0.25) is 0 Å². The van der Waals surface area contributed by atoms with Gasteiger partial charge in [-0.05, 0) is 87.4 Å². The molecule has 0 aromatic heterocycles. The predicted molar refractivity (Wildman–Crippen MR) is 87.2 cm³/mol. The average molecular weight is 290 g/mol. The van der Waals surface area contributed by atoms with Crippen LogP contribution in [0.5, 0.6) is 0 Å². The minimum atomic E-state index is 0.686. The first kappa shape index (κ1) is 14.5. The lowest BCUT2D eigenvalue weighted by Gasteiger charge is -2.40. The third-order valence-electron chi connectivity index (χ3n) is 7.66. The van der Waals surface area contributed by atoms with Crippen LogP contribution < -0.4 is 0 Å². The monoisotopic (exact) mass is 290 g/mol. The topological polar surface area (TPSA) is 12.5 Å². The van der Waals surface area contributed by atoms with Crippen molar-refractivity contribution < 1.29 is 4.74 Å². The van der Waals surface area contributed by atoms with E-state index in [9.17, 15) is 0 Å². The second-order valence-corrected chi connectivity index (χ2v) is 8.65. The van der Waals surface area contributed by atoms with E-state index < -0.39 is 0 Å². The molecule has 3 saturated carbocycles. The highest BCUT2D eigenvalue weighted by atomic mass is 16.6. The Bertz CT molecular complexity index is 336. The molecule has 0 amide bonds. The van der Waals surface area contributed by atoms with Gasteiger partial charge in [-0.15, -0.1) is 0 Å². The summed E-state index contributed by atoms with van der Waals surface area (Å²) in [5.74, 6) is 5.32. The van der Waals surface area contributed by atoms with Crippen molar-refractivity contribution in [2.45, 2.75) is 96.2 Å². The SMILES string of the molecule is CCC1CCC(C2CCC(C3CCC4OC4C3)CC2)CC1. The van der Waals surface area contributed by atoms with Gasteiger partial charge in [-0.3, -0.25) is 0 Å². The van der Waals surface area contributed by atoms with E-state index in [2.05, 4.69) is 6.92 Å². The molecule has 4 fully saturated rings. The lowest BCUT2D eigenvalue weighted by Crippen LogP contribution is -2.29. The summed E-state index contributed by atoms with van der Waals surface area (Å²) in [4.78, 5) is 0. The van der Waals surface area contributed by atoms with Gasteiger partial charge in [-0.1, -0.05) is 26.2 Å². The maximum absolute atomic E-state index is 5.74. The largest absolute Gasteiger partial charge is 0.370 e. The second kappa shape index (κ2) is 6.22. The van der Waals surface area contributed by atoms with Crippen molar-refractivity contribution in [2.24, 2.45) is 29.6 Å². The Hall–Kier alpha value is -0.0400. The number of rotatable bonds is 3. The van der Waals surface area contributed by atoms with Crippen LogP contribution in [0, 0.1) is 29.6 Å². The Kier molecular flexibility index (Phi) is 4.31. The van der Waals surface area contributed by atoms with Gasteiger partial charge in [0.15, 0.2) is 0 Å². The van der Waals surface area contributed by atoms with Gasteiger partial charge >= 0.3 is 0 Å². The molecule has 0 spiro atoms. The van der Waals surface area contributed by atoms with Gasteiger partial charge in [0.25, 0.3) is 0 Å². The van der Waals surface area contributed by atoms with Gasteiger partial charge in [0, 0.05) is 0 Å². The maximum atomic E-state index is 5.74. The molecule has 0 aromatic carbocycles. The molecule has 21 heavy (non-hydrogen) atoms. The molecular weight excluding hydrogens is 256 g/mol. The number of fused-ring (bicyclic) bond motifs is 1. The molecule has 120 valence electrons. The number of epoxide rings is 1. The Morgan fingerprint density at radius 1 is 0.619 bits per heavy atom. The second-order valence-electron chi connectivity index (χ2n) is 8.65. The molecule has 4 aliphatic rings. The first-order chi connectivity index (χ1) is 10.3. The van der Waals surface area contributed by atoms with E-state index in [4.69, 9.17) is 4.74 Å². The first-order valence-electron chi connectivity index (χ1n) is 9.99. The van der Waals surface area contributed by atoms with E-state index in [1.54, 1.807) is 38.5 Å². The quantitative estimate of drug-likeness (QED) is 0.618. The molecule has 1 heteroatoms. The zero-order valence-corrected chi connectivity index (χ0v) is 13.9. The van der Waals surface area contributed by atoms with E-state index in [1.165, 1.54) is 38.5 Å². The van der Waals surface area contributed by atoms with Crippen molar-refractivity contribution in [3.05, 3.63) is 0 Å². The Morgan fingerprint density at radius 3 is 1.71 bits per heavy atom. The van der Waals surface area contributed by atoms with Crippen LogP contribution in [0.2, 0.25) is 0 Å². The zero-order valence-electron chi connectivity index (χ0n) is 13.9. The van der Waals surface area contributed by atoms with E-state index in [1.807, 2.05) is 0 Å². The number of hydrogen-bond acceptors (Lipinski definition) is 1. The van der Waals surface area contributed by atoms with E-state index in [-0.39, 0.29) is 0 Å². The van der Waals surface area contributed by atoms with Crippen LogP contribution >= 0.6 is 0 Å². The molecule has 3 atom stereocenters. The van der Waals surface area contributed by atoms with Gasteiger partial charge in [0.05, 0.1) is 12.2 Å². The molecule has 1 heterocycles. The number of ether oxygens (including phenoxy) is 1. The molecule has 0 aromatic rings. The van der Waals surface area contributed by atoms with E-state index in [0.29, 0.717) is 12.2 Å². The van der Waals surface area contributed by atoms with Crippen molar-refractivity contribution in [1.29, 1.82) is 0 Å². The molecule has 3 unspecified atom stereocenters. The zero-order chi connectivity index (χ0) is 14.2. The van der Waals surface area contributed by atoms with Crippen molar-refractivity contribution >= 4 is 0 Å². The van der Waals surface area contributed by atoms with Crippen LogP contribution in [-0.2, 0) is 4.74 Å². The number of hydrogen-bond donors (Lipinski definition) is 0. The van der Waals surface area contributed by atoms with Gasteiger partial charge in [-0.25, -0.2) is 0 Å². The molecule has 4 rings (SSSR count). The fraction of sp³-hybridized carbons (Fsp3) is 1.00. The fourth-order valence-electron chi connectivity index (χ4n) is 6.02. The minimum absolute atomic E-state index is 0.686. The van der Waals surface area contributed by atoms with Crippen LogP contribution in [0.3, 0.4) is 0 Å². The first-order valence-corrected chi connectivity index (χ1v) is 9.99. The van der Waals surface area contributed by atoms with Crippen LogP contribution in [-0.4, -0.2) is 12.2 Å². The van der Waals surface area contributed by atoms with Gasteiger partial charge < -0.3 is 4.74 Å². The van der Waals surface area contributed by atoms with Crippen molar-refractivity contribution in [1.82, 2.24) is 0 Å². The summed E-state index contributed by atoms with van der Waals surface area (Å²) in [5.41, 5.74) is 0. The molecule has 3 aliphatic carbocycles. The lowest BCUT2D eigenvalue weighted by atomic mass is 9.65. The summed E-state index contributed by atoms with van der Waals surface area (Å²) < 4.78 is 5.74. The highest BCUT2D eigenvalue weighted by Crippen LogP contribution is 2.48. The van der Waals surface area contributed by atoms with Gasteiger partial charge in [-0.2, -0.15) is 0 Å². The average Bonchev–Trinajstić information content (AvgIpc) is 3.34. The summed E-state index contributed by atoms with van der Waals surface area (Å²) >= 11 is 0. The smallest absolute Gasteiger partial charge is 0.0844 e. The van der Waals surface area contributed by atoms with Crippen LogP contribution in [0.1, 0.15) is 84.0 Å². The van der Waals surface area contributed by atoms with Crippen molar-refractivity contribution in [3.63, 3.8) is 0 Å². The Morgan fingerprint density at radius 2 is 1.14 bits per heavy atom. The summed E-state index contributed by atoms with van der Waals surface area (Å²) in [6, 6.07) is 0. The normalized spacial score (nSPS) is 50.4. The van der Waals surface area contributed by atoms with Crippen molar-refractivity contribution in [2.75, 3.05) is 0 Å². The molecule has 1 nitrogen and oxygen atoms in total. The van der Waals surface area contributed by atoms with Crippen LogP contribution in [0.25, 0.3) is 0 Å². The Balaban J connectivity index is 1.23. The molecule has 1 aliphatic heterocycles. The summed E-state index contributed by atoms with van der Waals surface area (Å²) in [6.07, 6.45) is 19.4. The third kappa shape index (κ3) is 3.19. The highest BCUT2D eigenvalue weighted by molar-refractivity contribution is 4.94. The summed E-state index contributed by atoms with van der Waals surface area (Å²) in [5, 5.41) is 0. The van der Waals surface area contributed by atoms with Crippen LogP contribution in [0.4, 0.5) is 0 Å². The van der Waals surface area contributed by atoms with Crippen LogP contribution in [0.15, 0.2) is 0 Å². The standard InChI is InChI=1S/C20H34O/c1-2-14-3-5-15(6-4-14)16-7-9-17(10-8-16)18-11-12-19-20(13-18)21-19/h14-20H,2-13H2,1H3. The van der Waals surface area contributed by atoms with E-state index in [0.717, 1.165) is 29.6 Å². The predicted octanol–water partition coefficient (Wildman–Crippen LogP) is 5.58. The summed E-state index contributed by atoms with van der Waals surface area (Å²) in [6.45, 7) is 2.38. The van der Waals surface area contributed by atoms with Gasteiger partial charge in [0.1, 0.15) is 0 Å². The summed E-state index contributed by atoms with van der Waals surface area (Å²) in [7, 11) is 0. The molecule has 0 bridgehead atoms. The molecule has 0 N–H and O–H groups in total. The van der Waals surface area contributed by atoms with Crippen molar-refractivity contribution in [3.8, 4) is 0 Å². The molecule has 1 saturated heterocycles. The molecular formula is C20H34O. The maximum Gasteiger partial charge on any atom is 0.0844 e. The lowest BCUT2D eigenvalue weighted by molar-refractivity contribution is 0.115. The van der Waals surface area contributed by atoms with E-state index >= 15 is 0 Å². The Labute approximate surface area is 131 Å².